The normalized spacial score (nSPS) is 12.6. The molecule has 0 radical (unpaired) electrons. The van der Waals surface area contributed by atoms with E-state index in [0.29, 0.717) is 5.92 Å². The first-order chi connectivity index (χ1) is 12.6. The van der Waals surface area contributed by atoms with Gasteiger partial charge in [0.2, 0.25) is 0 Å². The van der Waals surface area contributed by atoms with E-state index in [9.17, 15) is 0 Å². The van der Waals surface area contributed by atoms with Crippen LogP contribution in [0.25, 0.3) is 0 Å². The van der Waals surface area contributed by atoms with Crippen LogP contribution in [-0.4, -0.2) is 23.1 Å². The van der Waals surface area contributed by atoms with Crippen molar-refractivity contribution in [1.82, 2.24) is 0 Å². The SMILES string of the molecule is C=CCC(CCCCCCCCCC)C(N)(CC=C)CC=C.O=S(=O)(O)O. The second kappa shape index (κ2) is 17.2. The molecular formula is C21H41NO4S. The topological polar surface area (TPSA) is 101 Å². The smallest absolute Gasteiger partial charge is 0.324 e. The van der Waals surface area contributed by atoms with Gasteiger partial charge in [-0.3, -0.25) is 9.11 Å². The largest absolute Gasteiger partial charge is 0.394 e. The van der Waals surface area contributed by atoms with Crippen LogP contribution in [0.15, 0.2) is 38.0 Å². The van der Waals surface area contributed by atoms with Crippen LogP contribution in [0.2, 0.25) is 0 Å². The lowest BCUT2D eigenvalue weighted by Gasteiger charge is -2.36. The summed E-state index contributed by atoms with van der Waals surface area (Å²) in [5.41, 5.74) is 6.46. The lowest BCUT2D eigenvalue weighted by atomic mass is 9.75. The van der Waals surface area contributed by atoms with Crippen LogP contribution in [0.5, 0.6) is 0 Å². The first kappa shape index (κ1) is 28.3. The zero-order valence-electron chi connectivity index (χ0n) is 17.1. The van der Waals surface area contributed by atoms with Gasteiger partial charge in [0, 0.05) is 5.54 Å². The number of nitrogens with two attached hydrogens (primary N) is 1. The first-order valence-corrected chi connectivity index (χ1v) is 11.4. The minimum atomic E-state index is -4.67. The Morgan fingerprint density at radius 3 is 1.67 bits per heavy atom. The lowest BCUT2D eigenvalue weighted by Crippen LogP contribution is -2.46. The Morgan fingerprint density at radius 2 is 1.30 bits per heavy atom. The van der Waals surface area contributed by atoms with Gasteiger partial charge in [-0.05, 0) is 31.6 Å². The van der Waals surface area contributed by atoms with Crippen LogP contribution < -0.4 is 5.73 Å². The molecule has 0 bridgehead atoms. The van der Waals surface area contributed by atoms with Gasteiger partial charge >= 0.3 is 10.4 Å². The summed E-state index contributed by atoms with van der Waals surface area (Å²) in [6.07, 6.45) is 20.7. The molecule has 4 N–H and O–H groups in total. The quantitative estimate of drug-likeness (QED) is 0.169. The van der Waals surface area contributed by atoms with E-state index in [0.717, 1.165) is 19.3 Å². The molecule has 160 valence electrons. The third-order valence-corrected chi connectivity index (χ3v) is 4.72. The van der Waals surface area contributed by atoms with Gasteiger partial charge < -0.3 is 5.73 Å². The van der Waals surface area contributed by atoms with Gasteiger partial charge in [0.25, 0.3) is 0 Å². The number of hydrogen-bond acceptors (Lipinski definition) is 3. The van der Waals surface area contributed by atoms with Crippen LogP contribution in [0.4, 0.5) is 0 Å². The van der Waals surface area contributed by atoms with Gasteiger partial charge in [-0.1, -0.05) is 76.5 Å². The van der Waals surface area contributed by atoms with Crippen molar-refractivity contribution in [3.63, 3.8) is 0 Å². The molecule has 0 amide bonds. The predicted molar refractivity (Wildman–Crippen MR) is 116 cm³/mol. The monoisotopic (exact) mass is 403 g/mol. The molecule has 0 aliphatic carbocycles. The summed E-state index contributed by atoms with van der Waals surface area (Å²) >= 11 is 0. The maximum atomic E-state index is 8.74. The molecule has 6 heteroatoms. The van der Waals surface area contributed by atoms with Gasteiger partial charge in [-0.15, -0.1) is 19.7 Å². The van der Waals surface area contributed by atoms with Gasteiger partial charge in [-0.2, -0.15) is 8.42 Å². The van der Waals surface area contributed by atoms with E-state index in [1.165, 1.54) is 57.8 Å². The first-order valence-electron chi connectivity index (χ1n) is 9.96. The third kappa shape index (κ3) is 19.6. The molecule has 0 aliphatic heterocycles. The molecule has 0 fully saturated rings. The Bertz CT molecular complexity index is 470. The van der Waals surface area contributed by atoms with Crippen molar-refractivity contribution in [2.75, 3.05) is 0 Å². The summed E-state index contributed by atoms with van der Waals surface area (Å²) in [4.78, 5) is 0. The molecule has 0 aromatic carbocycles. The molecule has 1 unspecified atom stereocenters. The Hall–Kier alpha value is -0.950. The number of rotatable bonds is 16. The molecule has 0 aromatic rings. The third-order valence-electron chi connectivity index (χ3n) is 4.72. The fourth-order valence-corrected chi connectivity index (χ4v) is 3.32. The second-order valence-electron chi connectivity index (χ2n) is 7.15. The van der Waals surface area contributed by atoms with E-state index in [1.807, 2.05) is 18.2 Å². The highest BCUT2D eigenvalue weighted by molar-refractivity contribution is 7.79. The lowest BCUT2D eigenvalue weighted by molar-refractivity contribution is 0.252. The van der Waals surface area contributed by atoms with E-state index < -0.39 is 10.4 Å². The zero-order chi connectivity index (χ0) is 21.2. The van der Waals surface area contributed by atoms with Crippen molar-refractivity contribution >= 4 is 10.4 Å². The second-order valence-corrected chi connectivity index (χ2v) is 8.05. The molecule has 0 spiro atoms. The zero-order valence-corrected chi connectivity index (χ0v) is 17.9. The fraction of sp³-hybridized carbons (Fsp3) is 0.714. The van der Waals surface area contributed by atoms with Crippen molar-refractivity contribution in [2.45, 2.75) is 89.5 Å². The molecule has 0 rings (SSSR count). The van der Waals surface area contributed by atoms with Crippen molar-refractivity contribution in [3.05, 3.63) is 38.0 Å². The molecule has 0 heterocycles. The van der Waals surface area contributed by atoms with Crippen LogP contribution >= 0.6 is 0 Å². The van der Waals surface area contributed by atoms with Crippen molar-refractivity contribution in [1.29, 1.82) is 0 Å². The van der Waals surface area contributed by atoms with Crippen LogP contribution in [0.3, 0.4) is 0 Å². The molecule has 1 atom stereocenters. The van der Waals surface area contributed by atoms with Gasteiger partial charge in [-0.25, -0.2) is 0 Å². The van der Waals surface area contributed by atoms with E-state index in [-0.39, 0.29) is 5.54 Å². The molecule has 0 saturated carbocycles. The van der Waals surface area contributed by atoms with Crippen LogP contribution in [-0.2, 0) is 10.4 Å². The minimum Gasteiger partial charge on any atom is -0.324 e. The minimum absolute atomic E-state index is 0.196. The molecule has 5 nitrogen and oxygen atoms in total. The summed E-state index contributed by atoms with van der Waals surface area (Å²) < 4.78 is 31.6. The van der Waals surface area contributed by atoms with E-state index in [4.69, 9.17) is 23.3 Å². The Morgan fingerprint density at radius 1 is 0.889 bits per heavy atom. The average molecular weight is 404 g/mol. The maximum absolute atomic E-state index is 8.74. The number of unbranched alkanes of at least 4 members (excludes halogenated alkanes) is 7. The highest BCUT2D eigenvalue weighted by Gasteiger charge is 2.31. The van der Waals surface area contributed by atoms with Gasteiger partial charge in [0.15, 0.2) is 0 Å². The van der Waals surface area contributed by atoms with E-state index in [2.05, 4.69) is 26.7 Å². The molecule has 0 aliphatic rings. The Balaban J connectivity index is 0. The highest BCUT2D eigenvalue weighted by atomic mass is 32.3. The maximum Gasteiger partial charge on any atom is 0.394 e. The molecule has 0 aromatic heterocycles. The van der Waals surface area contributed by atoms with E-state index in [1.54, 1.807) is 0 Å². The summed E-state index contributed by atoms with van der Waals surface area (Å²) in [7, 11) is -4.67. The number of allylic oxidation sites excluding steroid dienone is 1. The fourth-order valence-electron chi connectivity index (χ4n) is 3.32. The average Bonchev–Trinajstić information content (AvgIpc) is 2.55. The Labute approximate surface area is 167 Å². The van der Waals surface area contributed by atoms with Crippen molar-refractivity contribution in [3.8, 4) is 0 Å². The molecular weight excluding hydrogens is 362 g/mol. The van der Waals surface area contributed by atoms with Gasteiger partial charge in [0.05, 0.1) is 0 Å². The Kier molecular flexibility index (Phi) is 18.0. The highest BCUT2D eigenvalue weighted by Crippen LogP contribution is 2.31. The van der Waals surface area contributed by atoms with Crippen molar-refractivity contribution in [2.24, 2.45) is 11.7 Å². The van der Waals surface area contributed by atoms with Crippen molar-refractivity contribution < 1.29 is 17.5 Å². The van der Waals surface area contributed by atoms with Gasteiger partial charge in [0.1, 0.15) is 0 Å². The standard InChI is InChI=1S/C21H39N.H2O4S/c1-5-9-10-11-12-13-14-15-17-20(16-6-2)21(22,18-7-3)19-8-4;1-5(2,3)4/h6-8,20H,2-5,9-19,22H2,1H3;(H2,1,2,3,4). The molecule has 0 saturated heterocycles. The van der Waals surface area contributed by atoms with Crippen LogP contribution in [0.1, 0.15) is 84.0 Å². The molecule has 27 heavy (non-hydrogen) atoms. The van der Waals surface area contributed by atoms with Crippen LogP contribution in [0, 0.1) is 5.92 Å². The summed E-state index contributed by atoms with van der Waals surface area (Å²) in [6, 6.07) is 0. The predicted octanol–water partition coefficient (Wildman–Crippen LogP) is 5.91. The summed E-state index contributed by atoms with van der Waals surface area (Å²) in [5, 5.41) is 0. The van der Waals surface area contributed by atoms with E-state index >= 15 is 0 Å². The summed E-state index contributed by atoms with van der Waals surface area (Å²) in [6.45, 7) is 13.9. The number of hydrogen-bond donors (Lipinski definition) is 3. The summed E-state index contributed by atoms with van der Waals surface area (Å²) in [5.74, 6) is 0.487.